The van der Waals surface area contributed by atoms with Gasteiger partial charge in [0.05, 0.1) is 44.5 Å². The molecule has 0 saturated carbocycles. The van der Waals surface area contributed by atoms with Crippen molar-refractivity contribution in [2.45, 2.75) is 0 Å². The molecule has 5 heterocycles. The van der Waals surface area contributed by atoms with Crippen LogP contribution in [-0.4, -0.2) is 13.7 Å². The van der Waals surface area contributed by atoms with Crippen molar-refractivity contribution in [1.82, 2.24) is 13.7 Å². The van der Waals surface area contributed by atoms with Gasteiger partial charge in [-0.2, -0.15) is 0 Å². The van der Waals surface area contributed by atoms with Gasteiger partial charge in [-0.05, 0) is 120 Å². The number of furan rings is 1. The number of aromatic nitrogens is 3. The van der Waals surface area contributed by atoms with Crippen LogP contribution < -0.4 is 9.64 Å². The van der Waals surface area contributed by atoms with Gasteiger partial charge < -0.3 is 27.8 Å². The zero-order valence-corrected chi connectivity index (χ0v) is 34.4. The predicted molar refractivity (Wildman–Crippen MR) is 262 cm³/mol. The van der Waals surface area contributed by atoms with E-state index in [0.717, 1.165) is 101 Å². The Balaban J connectivity index is 0.915. The number of hydrogen-bond acceptors (Lipinski definition) is 3. The molecule has 1 aliphatic rings. The third-order valence-electron chi connectivity index (χ3n) is 13.0. The fourth-order valence-electron chi connectivity index (χ4n) is 10.2. The van der Waals surface area contributed by atoms with E-state index in [0.29, 0.717) is 0 Å². The highest BCUT2D eigenvalue weighted by Gasteiger charge is 2.27. The van der Waals surface area contributed by atoms with E-state index in [1.165, 1.54) is 21.7 Å². The fourth-order valence-corrected chi connectivity index (χ4v) is 10.2. The second kappa shape index (κ2) is 13.4. The molecule has 0 amide bonds. The van der Waals surface area contributed by atoms with Crippen LogP contribution >= 0.6 is 0 Å². The van der Waals surface area contributed by atoms with Gasteiger partial charge in [0, 0.05) is 56.4 Å². The quantitative estimate of drug-likeness (QED) is 0.174. The van der Waals surface area contributed by atoms with Crippen molar-refractivity contribution in [3.05, 3.63) is 219 Å². The van der Waals surface area contributed by atoms with Crippen molar-refractivity contribution in [2.75, 3.05) is 4.90 Å². The maximum Gasteiger partial charge on any atom is 0.152 e. The summed E-state index contributed by atoms with van der Waals surface area (Å²) in [7, 11) is 0. The van der Waals surface area contributed by atoms with Crippen molar-refractivity contribution in [2.24, 2.45) is 0 Å². The number of nitrogens with zero attached hydrogens (tertiary/aromatic N) is 4. The molecule has 0 atom stereocenters. The lowest BCUT2D eigenvalue weighted by atomic mass is 10.0. The van der Waals surface area contributed by atoms with Crippen LogP contribution in [0.3, 0.4) is 0 Å². The molecule has 1 aliphatic heterocycles. The molecule has 64 heavy (non-hydrogen) atoms. The van der Waals surface area contributed by atoms with Crippen LogP contribution in [0.5, 0.6) is 11.5 Å². The molecule has 0 bridgehead atoms. The van der Waals surface area contributed by atoms with Crippen LogP contribution in [0.25, 0.3) is 93.7 Å². The van der Waals surface area contributed by atoms with Crippen molar-refractivity contribution in [1.29, 1.82) is 0 Å². The van der Waals surface area contributed by atoms with E-state index in [1.807, 2.05) is 24.3 Å². The molecule has 0 unspecified atom stereocenters. The summed E-state index contributed by atoms with van der Waals surface area (Å²) in [5.41, 5.74) is 14.9. The Morgan fingerprint density at radius 3 is 1.89 bits per heavy atom. The average Bonchev–Trinajstić information content (AvgIpc) is 4.14. The van der Waals surface area contributed by atoms with Gasteiger partial charge in [0.15, 0.2) is 11.5 Å². The molecule has 0 fully saturated rings. The normalized spacial score (nSPS) is 12.5. The lowest BCUT2D eigenvalue weighted by molar-refractivity contribution is 0.477. The summed E-state index contributed by atoms with van der Waals surface area (Å²) in [5.74, 6) is 1.65. The Morgan fingerprint density at radius 1 is 0.344 bits per heavy atom. The third-order valence-corrected chi connectivity index (χ3v) is 13.0. The molecular formula is C58H36N4O2. The fraction of sp³-hybridized carbons (Fsp3) is 0. The number of benzene rings is 9. The van der Waals surface area contributed by atoms with E-state index < -0.39 is 0 Å². The predicted octanol–water partition coefficient (Wildman–Crippen LogP) is 15.8. The highest BCUT2D eigenvalue weighted by atomic mass is 16.5. The maximum absolute atomic E-state index is 6.62. The largest absolute Gasteiger partial charge is 0.456 e. The number of fused-ring (bicyclic) bond motifs is 10. The first-order chi connectivity index (χ1) is 31.7. The summed E-state index contributed by atoms with van der Waals surface area (Å²) in [6, 6.07) is 73.5. The van der Waals surface area contributed by atoms with Gasteiger partial charge in [-0.15, -0.1) is 0 Å². The highest BCUT2D eigenvalue weighted by molar-refractivity contribution is 6.14. The molecule has 4 aromatic heterocycles. The first-order valence-corrected chi connectivity index (χ1v) is 21.7. The standard InChI is InChI=1S/C58H36N4O2/c1-2-15-41(16-3-1)59-29-27-40-34-57-53(36-50(40)59)62(48-22-7-9-25-55(48)64-57)43-18-11-14-38(32-43)37-13-10-17-42(31-37)61-47-21-6-4-19-44(47)46-33-39-28-30-60(51(39)35-52(46)61)49-23-12-26-56-58(49)45-20-5-8-24-54(45)63-56/h1-36H. The number of hydrogen-bond donors (Lipinski definition) is 0. The summed E-state index contributed by atoms with van der Waals surface area (Å²) < 4.78 is 19.9. The summed E-state index contributed by atoms with van der Waals surface area (Å²) in [6.45, 7) is 0. The molecule has 0 N–H and O–H groups in total. The molecule has 0 spiro atoms. The minimum Gasteiger partial charge on any atom is -0.456 e. The Bertz CT molecular complexity index is 4020. The van der Waals surface area contributed by atoms with Gasteiger partial charge in [0.2, 0.25) is 0 Å². The Hall–Kier alpha value is -8.74. The molecular weight excluding hydrogens is 785 g/mol. The van der Waals surface area contributed by atoms with Crippen LogP contribution in [0, 0.1) is 0 Å². The molecule has 6 nitrogen and oxygen atoms in total. The molecule has 0 radical (unpaired) electrons. The lowest BCUT2D eigenvalue weighted by Gasteiger charge is -2.33. The van der Waals surface area contributed by atoms with Gasteiger partial charge in [-0.1, -0.05) is 97.1 Å². The first-order valence-electron chi connectivity index (χ1n) is 21.7. The zero-order valence-electron chi connectivity index (χ0n) is 34.4. The second-order valence-corrected chi connectivity index (χ2v) is 16.6. The minimum atomic E-state index is 0.825. The molecule has 13 aromatic rings. The van der Waals surface area contributed by atoms with Gasteiger partial charge >= 0.3 is 0 Å². The van der Waals surface area contributed by atoms with Gasteiger partial charge in [-0.25, -0.2) is 0 Å². The number of ether oxygens (including phenoxy) is 1. The number of rotatable bonds is 5. The Labute approximate surface area is 367 Å². The first kappa shape index (κ1) is 34.9. The molecule has 300 valence electrons. The van der Waals surface area contributed by atoms with Gasteiger partial charge in [0.1, 0.15) is 11.2 Å². The van der Waals surface area contributed by atoms with E-state index in [1.54, 1.807) is 0 Å². The minimum absolute atomic E-state index is 0.825. The lowest BCUT2D eigenvalue weighted by Crippen LogP contribution is -2.16. The topological polar surface area (TPSA) is 40.4 Å². The molecule has 0 saturated heterocycles. The summed E-state index contributed by atoms with van der Waals surface area (Å²) >= 11 is 0. The second-order valence-electron chi connectivity index (χ2n) is 16.6. The van der Waals surface area contributed by atoms with Crippen LogP contribution in [-0.2, 0) is 0 Å². The zero-order chi connectivity index (χ0) is 41.9. The van der Waals surface area contributed by atoms with E-state index >= 15 is 0 Å². The SMILES string of the molecule is c1ccc(-n2ccc3cc4c(cc32)N(c2cccc(-c3cccc(-n5c6ccccc6c6cc7ccn(-c8cccc9oc%10ccccc%10c89)c7cc65)c3)c2)c2ccccc2O4)cc1. The highest BCUT2D eigenvalue weighted by Crippen LogP contribution is 2.52. The summed E-state index contributed by atoms with van der Waals surface area (Å²) in [6.07, 6.45) is 4.33. The number of para-hydroxylation sites is 5. The summed E-state index contributed by atoms with van der Waals surface area (Å²) in [4.78, 5) is 2.34. The maximum atomic E-state index is 6.62. The van der Waals surface area contributed by atoms with Crippen molar-refractivity contribution in [3.8, 4) is 39.7 Å². The Kier molecular flexibility index (Phi) is 7.30. The monoisotopic (exact) mass is 820 g/mol. The van der Waals surface area contributed by atoms with Gasteiger partial charge in [0.25, 0.3) is 0 Å². The third kappa shape index (κ3) is 5.14. The van der Waals surface area contributed by atoms with Crippen molar-refractivity contribution in [3.63, 3.8) is 0 Å². The number of anilines is 3. The molecule has 0 aliphatic carbocycles. The van der Waals surface area contributed by atoms with Crippen molar-refractivity contribution < 1.29 is 9.15 Å². The summed E-state index contributed by atoms with van der Waals surface area (Å²) in [5, 5.41) is 6.98. The van der Waals surface area contributed by atoms with Crippen LogP contribution in [0.2, 0.25) is 0 Å². The molecule has 14 rings (SSSR count). The van der Waals surface area contributed by atoms with Crippen molar-refractivity contribution >= 4 is 82.6 Å². The van der Waals surface area contributed by atoms with Crippen LogP contribution in [0.4, 0.5) is 17.1 Å². The van der Waals surface area contributed by atoms with E-state index in [2.05, 4.69) is 213 Å². The van der Waals surface area contributed by atoms with E-state index in [9.17, 15) is 0 Å². The molecule has 9 aromatic carbocycles. The van der Waals surface area contributed by atoms with Gasteiger partial charge in [-0.3, -0.25) is 0 Å². The smallest absolute Gasteiger partial charge is 0.152 e. The van der Waals surface area contributed by atoms with E-state index in [-0.39, 0.29) is 0 Å². The average molecular weight is 821 g/mol. The van der Waals surface area contributed by atoms with E-state index in [4.69, 9.17) is 9.15 Å². The van der Waals surface area contributed by atoms with Crippen LogP contribution in [0.15, 0.2) is 223 Å². The van der Waals surface area contributed by atoms with Crippen LogP contribution in [0.1, 0.15) is 0 Å². The Morgan fingerprint density at radius 2 is 1.00 bits per heavy atom. The molecule has 6 heteroatoms.